The van der Waals surface area contributed by atoms with Gasteiger partial charge >= 0.3 is 6.03 Å². The molecule has 0 radical (unpaired) electrons. The molecule has 2 fully saturated rings. The Morgan fingerprint density at radius 3 is 2.54 bits per heavy atom. The molecule has 2 aromatic rings. The number of nitrogens with zero attached hydrogens (tertiary/aromatic N) is 2. The minimum atomic E-state index is -0.0983. The van der Waals surface area contributed by atoms with Crippen LogP contribution in [0.5, 0.6) is 17.2 Å². The molecular formula is C21H25N3O4. The van der Waals surface area contributed by atoms with Crippen LogP contribution >= 0.6 is 0 Å². The molecule has 1 aromatic carbocycles. The third-order valence-corrected chi connectivity index (χ3v) is 5.51. The molecule has 2 aliphatic rings. The van der Waals surface area contributed by atoms with Crippen LogP contribution in [0.25, 0.3) is 0 Å². The Balaban J connectivity index is 1.44. The zero-order valence-electron chi connectivity index (χ0n) is 16.1. The summed E-state index contributed by atoms with van der Waals surface area (Å²) in [4.78, 5) is 19.1. The lowest BCUT2D eigenvalue weighted by Gasteiger charge is -2.38. The molecule has 7 heteroatoms. The number of carbonyl (C=O) groups is 1. The number of amides is 2. The second-order valence-corrected chi connectivity index (χ2v) is 7.16. The van der Waals surface area contributed by atoms with E-state index in [1.807, 2.05) is 29.2 Å². The summed E-state index contributed by atoms with van der Waals surface area (Å²) in [6.45, 7) is 0. The molecule has 2 atom stereocenters. The smallest absolute Gasteiger partial charge is 0.322 e. The number of carbonyl (C=O) groups excluding carboxylic acids is 1. The molecule has 7 nitrogen and oxygen atoms in total. The SMILES string of the molecule is COc1cccc(NC(=O)N2[C@H]3CC[C@H]2CC(Oc2cccnc2)C3)c1OC. The molecule has 0 saturated carbocycles. The third-order valence-electron chi connectivity index (χ3n) is 5.51. The number of rotatable bonds is 5. The van der Waals surface area contributed by atoms with Gasteiger partial charge in [-0.25, -0.2) is 4.79 Å². The van der Waals surface area contributed by atoms with Crippen LogP contribution in [0.1, 0.15) is 25.7 Å². The Hall–Kier alpha value is -2.96. The molecule has 2 aliphatic heterocycles. The Morgan fingerprint density at radius 1 is 1.11 bits per heavy atom. The maximum Gasteiger partial charge on any atom is 0.322 e. The van der Waals surface area contributed by atoms with Crippen molar-refractivity contribution in [2.75, 3.05) is 19.5 Å². The van der Waals surface area contributed by atoms with Gasteiger partial charge in [-0.3, -0.25) is 4.98 Å². The highest BCUT2D eigenvalue weighted by atomic mass is 16.5. The largest absolute Gasteiger partial charge is 0.493 e. The van der Waals surface area contributed by atoms with Crippen molar-refractivity contribution >= 4 is 11.7 Å². The first-order valence-electron chi connectivity index (χ1n) is 9.56. The summed E-state index contributed by atoms with van der Waals surface area (Å²) in [7, 11) is 3.15. The summed E-state index contributed by atoms with van der Waals surface area (Å²) in [5.74, 6) is 1.90. The lowest BCUT2D eigenvalue weighted by atomic mass is 10.00. The highest BCUT2D eigenvalue weighted by Crippen LogP contribution is 2.39. The molecule has 2 amide bonds. The van der Waals surface area contributed by atoms with Crippen molar-refractivity contribution in [3.63, 3.8) is 0 Å². The molecule has 148 valence electrons. The van der Waals surface area contributed by atoms with Crippen LogP contribution in [0.15, 0.2) is 42.7 Å². The quantitative estimate of drug-likeness (QED) is 0.852. The van der Waals surface area contributed by atoms with Crippen LogP contribution in [0.4, 0.5) is 10.5 Å². The van der Waals surface area contributed by atoms with E-state index in [1.54, 1.807) is 32.7 Å². The highest BCUT2D eigenvalue weighted by molar-refractivity contribution is 5.92. The number of pyridine rings is 1. The first-order valence-corrected chi connectivity index (χ1v) is 9.56. The van der Waals surface area contributed by atoms with Gasteiger partial charge in [-0.05, 0) is 37.1 Å². The normalized spacial score (nSPS) is 23.2. The average molecular weight is 383 g/mol. The van der Waals surface area contributed by atoms with Crippen LogP contribution in [-0.2, 0) is 0 Å². The minimum Gasteiger partial charge on any atom is -0.493 e. The summed E-state index contributed by atoms with van der Waals surface area (Å²) >= 11 is 0. The fourth-order valence-electron chi connectivity index (χ4n) is 4.33. The lowest BCUT2D eigenvalue weighted by molar-refractivity contribution is 0.0730. The number of hydrogen-bond donors (Lipinski definition) is 1. The van der Waals surface area contributed by atoms with E-state index in [9.17, 15) is 4.79 Å². The van der Waals surface area contributed by atoms with E-state index in [1.165, 1.54) is 0 Å². The molecule has 1 N–H and O–H groups in total. The van der Waals surface area contributed by atoms with Crippen molar-refractivity contribution < 1.29 is 19.0 Å². The Kier molecular flexibility index (Phi) is 5.23. The van der Waals surface area contributed by atoms with Gasteiger partial charge < -0.3 is 24.4 Å². The number of nitrogens with one attached hydrogen (secondary N) is 1. The van der Waals surface area contributed by atoms with E-state index in [4.69, 9.17) is 14.2 Å². The molecule has 3 heterocycles. The maximum absolute atomic E-state index is 13.0. The number of methoxy groups -OCH3 is 2. The summed E-state index contributed by atoms with van der Waals surface area (Å²) < 4.78 is 16.8. The molecular weight excluding hydrogens is 358 g/mol. The van der Waals surface area contributed by atoms with Crippen LogP contribution in [0.2, 0.25) is 0 Å². The number of benzene rings is 1. The Bertz CT molecular complexity index is 816. The monoisotopic (exact) mass is 383 g/mol. The molecule has 2 bridgehead atoms. The zero-order valence-corrected chi connectivity index (χ0v) is 16.1. The topological polar surface area (TPSA) is 72.9 Å². The van der Waals surface area contributed by atoms with Crippen LogP contribution in [0.3, 0.4) is 0 Å². The first kappa shape index (κ1) is 18.4. The number of aromatic nitrogens is 1. The van der Waals surface area contributed by atoms with E-state index in [0.717, 1.165) is 31.4 Å². The van der Waals surface area contributed by atoms with Crippen molar-refractivity contribution in [2.24, 2.45) is 0 Å². The van der Waals surface area contributed by atoms with Crippen molar-refractivity contribution in [2.45, 2.75) is 43.9 Å². The first-order chi connectivity index (χ1) is 13.7. The van der Waals surface area contributed by atoms with E-state index in [-0.39, 0.29) is 24.2 Å². The average Bonchev–Trinajstić information content (AvgIpc) is 2.99. The summed E-state index contributed by atoms with van der Waals surface area (Å²) in [6, 6.07) is 9.50. The van der Waals surface area contributed by atoms with E-state index in [0.29, 0.717) is 17.2 Å². The number of anilines is 1. The number of hydrogen-bond acceptors (Lipinski definition) is 5. The fraction of sp³-hybridized carbons (Fsp3) is 0.429. The third kappa shape index (κ3) is 3.56. The van der Waals surface area contributed by atoms with Gasteiger partial charge in [-0.1, -0.05) is 6.07 Å². The van der Waals surface area contributed by atoms with Gasteiger partial charge in [0, 0.05) is 31.1 Å². The molecule has 2 saturated heterocycles. The van der Waals surface area contributed by atoms with Crippen molar-refractivity contribution in [3.05, 3.63) is 42.7 Å². The molecule has 0 unspecified atom stereocenters. The fourth-order valence-corrected chi connectivity index (χ4v) is 4.33. The highest BCUT2D eigenvalue weighted by Gasteiger charge is 2.44. The van der Waals surface area contributed by atoms with Gasteiger partial charge in [0.2, 0.25) is 0 Å². The van der Waals surface area contributed by atoms with Gasteiger partial charge in [0.05, 0.1) is 26.1 Å². The van der Waals surface area contributed by atoms with Crippen molar-refractivity contribution in [1.82, 2.24) is 9.88 Å². The Labute approximate surface area is 164 Å². The van der Waals surface area contributed by atoms with Crippen LogP contribution in [0, 0.1) is 0 Å². The van der Waals surface area contributed by atoms with Gasteiger partial charge in [-0.15, -0.1) is 0 Å². The van der Waals surface area contributed by atoms with E-state index in [2.05, 4.69) is 10.3 Å². The van der Waals surface area contributed by atoms with Gasteiger partial charge in [0.1, 0.15) is 11.9 Å². The molecule has 28 heavy (non-hydrogen) atoms. The number of fused-ring (bicyclic) bond motifs is 2. The predicted molar refractivity (Wildman–Crippen MR) is 105 cm³/mol. The summed E-state index contributed by atoms with van der Waals surface area (Å²) in [5, 5.41) is 3.00. The van der Waals surface area contributed by atoms with Crippen LogP contribution in [-0.4, -0.2) is 48.3 Å². The van der Waals surface area contributed by atoms with E-state index < -0.39 is 0 Å². The number of ether oxygens (including phenoxy) is 3. The molecule has 0 aliphatic carbocycles. The number of urea groups is 1. The van der Waals surface area contributed by atoms with Crippen LogP contribution < -0.4 is 19.5 Å². The molecule has 4 rings (SSSR count). The second-order valence-electron chi connectivity index (χ2n) is 7.16. The summed E-state index contributed by atoms with van der Waals surface area (Å²) in [5.41, 5.74) is 0.611. The Morgan fingerprint density at radius 2 is 1.89 bits per heavy atom. The number of piperidine rings is 1. The number of para-hydroxylation sites is 1. The summed E-state index contributed by atoms with van der Waals surface area (Å²) in [6.07, 6.45) is 7.23. The zero-order chi connectivity index (χ0) is 19.5. The minimum absolute atomic E-state index is 0.0983. The molecule has 1 aromatic heterocycles. The van der Waals surface area contributed by atoms with E-state index >= 15 is 0 Å². The maximum atomic E-state index is 13.0. The predicted octanol–water partition coefficient (Wildman–Crippen LogP) is 3.71. The lowest BCUT2D eigenvalue weighted by Crippen LogP contribution is -2.50. The van der Waals surface area contributed by atoms with Crippen molar-refractivity contribution in [3.8, 4) is 17.2 Å². The van der Waals surface area contributed by atoms with Crippen molar-refractivity contribution in [1.29, 1.82) is 0 Å². The van der Waals surface area contributed by atoms with Gasteiger partial charge in [0.25, 0.3) is 0 Å². The standard InChI is InChI=1S/C21H25N3O4/c1-26-19-7-3-6-18(20(19)27-2)23-21(25)24-14-8-9-15(24)12-17(11-14)28-16-5-4-10-22-13-16/h3-7,10,13-15,17H,8-9,11-12H2,1-2H3,(H,23,25)/t14-,15-/m0/s1. The second kappa shape index (κ2) is 7.96. The van der Waals surface area contributed by atoms with Gasteiger partial charge in [-0.2, -0.15) is 0 Å². The van der Waals surface area contributed by atoms with Gasteiger partial charge in [0.15, 0.2) is 11.5 Å². The molecule has 0 spiro atoms.